The minimum absolute atomic E-state index is 0.138. The van der Waals surface area contributed by atoms with E-state index >= 15 is 0 Å². The maximum Gasteiger partial charge on any atom is 0.0741 e. The molecule has 0 radical (unpaired) electrons. The molecule has 0 saturated carbocycles. The van der Waals surface area contributed by atoms with E-state index in [1.165, 1.54) is 51.4 Å². The van der Waals surface area contributed by atoms with Crippen LogP contribution >= 0.6 is 0 Å². The zero-order valence-corrected chi connectivity index (χ0v) is 11.4. The fraction of sp³-hybridized carbons (Fsp3) is 0.867. The van der Waals surface area contributed by atoms with Gasteiger partial charge in [0, 0.05) is 0 Å². The van der Waals surface area contributed by atoms with Crippen molar-refractivity contribution in [3.8, 4) is 12.3 Å². The zero-order chi connectivity index (χ0) is 12.3. The first-order valence-electron chi connectivity index (χ1n) is 6.85. The summed E-state index contributed by atoms with van der Waals surface area (Å²) in [5.74, 6) is 2.76. The van der Waals surface area contributed by atoms with E-state index < -0.39 is 0 Å². The average molecular weight is 223 g/mol. The van der Waals surface area contributed by atoms with Gasteiger partial charge in [0.25, 0.3) is 0 Å². The van der Waals surface area contributed by atoms with Gasteiger partial charge in [0.1, 0.15) is 0 Å². The van der Waals surface area contributed by atoms with E-state index in [2.05, 4.69) is 32.0 Å². The molecule has 1 heteroatoms. The molecule has 0 heterocycles. The summed E-state index contributed by atoms with van der Waals surface area (Å²) in [6.07, 6.45) is 16.3. The van der Waals surface area contributed by atoms with Crippen LogP contribution in [0.15, 0.2) is 0 Å². The van der Waals surface area contributed by atoms with E-state index in [4.69, 9.17) is 6.42 Å². The molecule has 0 atom stereocenters. The highest BCUT2D eigenvalue weighted by atomic mass is 14.9. The quantitative estimate of drug-likeness (QED) is 0.434. The average Bonchev–Trinajstić information content (AvgIpc) is 2.27. The number of hydrogen-bond acceptors (Lipinski definition) is 1. The normalized spacial score (nSPS) is 11.4. The van der Waals surface area contributed by atoms with Crippen LogP contribution in [0.5, 0.6) is 0 Å². The Morgan fingerprint density at radius 2 is 1.44 bits per heavy atom. The molecule has 0 aromatic heterocycles. The van der Waals surface area contributed by atoms with E-state index in [9.17, 15) is 0 Å². The highest BCUT2D eigenvalue weighted by Gasteiger charge is 2.10. The van der Waals surface area contributed by atoms with Gasteiger partial charge < -0.3 is 5.32 Å². The smallest absolute Gasteiger partial charge is 0.0741 e. The van der Waals surface area contributed by atoms with Gasteiger partial charge in [-0.2, -0.15) is 0 Å². The lowest BCUT2D eigenvalue weighted by Gasteiger charge is -2.19. The van der Waals surface area contributed by atoms with Gasteiger partial charge in [-0.25, -0.2) is 0 Å². The molecule has 0 aromatic rings. The Morgan fingerprint density at radius 3 is 1.94 bits per heavy atom. The summed E-state index contributed by atoms with van der Waals surface area (Å²) < 4.78 is 0. The number of terminal acetylenes is 1. The molecule has 0 fully saturated rings. The number of nitrogens with one attached hydrogen (secondary N) is 1. The molecule has 0 rings (SSSR count). The standard InChI is InChI=1S/C15H29N/c1-5-7-8-9-10-11-12-13-14-16-15(3,4)6-2/h2,16H,5,7-14H2,1,3-4H3. The molecule has 0 amide bonds. The summed E-state index contributed by atoms with van der Waals surface area (Å²) in [7, 11) is 0. The molecule has 1 N–H and O–H groups in total. The first kappa shape index (κ1) is 15.5. The molecule has 0 aliphatic heterocycles. The SMILES string of the molecule is C#CC(C)(C)NCCCCCCCCCC. The maximum absolute atomic E-state index is 5.40. The van der Waals surface area contributed by atoms with Crippen LogP contribution in [0.25, 0.3) is 0 Å². The first-order chi connectivity index (χ1) is 7.62. The van der Waals surface area contributed by atoms with Crippen LogP contribution < -0.4 is 5.32 Å². The van der Waals surface area contributed by atoms with Crippen molar-refractivity contribution in [3.05, 3.63) is 0 Å². The lowest BCUT2D eigenvalue weighted by molar-refractivity contribution is 0.470. The highest BCUT2D eigenvalue weighted by Crippen LogP contribution is 2.08. The lowest BCUT2D eigenvalue weighted by atomic mass is 10.1. The predicted octanol–water partition coefficient (Wildman–Crippen LogP) is 4.13. The molecule has 16 heavy (non-hydrogen) atoms. The largest absolute Gasteiger partial charge is 0.302 e. The fourth-order valence-corrected chi connectivity index (χ4v) is 1.71. The van der Waals surface area contributed by atoms with Gasteiger partial charge in [-0.3, -0.25) is 0 Å². The van der Waals surface area contributed by atoms with Gasteiger partial charge in [0.2, 0.25) is 0 Å². The third-order valence-corrected chi connectivity index (χ3v) is 2.96. The van der Waals surface area contributed by atoms with Gasteiger partial charge in [0.05, 0.1) is 5.54 Å². The topological polar surface area (TPSA) is 12.0 Å². The molecule has 0 aliphatic rings. The minimum atomic E-state index is -0.138. The first-order valence-corrected chi connectivity index (χ1v) is 6.85. The Labute approximate surface area is 102 Å². The maximum atomic E-state index is 5.40. The van der Waals surface area contributed by atoms with Crippen molar-refractivity contribution >= 4 is 0 Å². The molecule has 0 saturated heterocycles. The molecule has 1 nitrogen and oxygen atoms in total. The molecular weight excluding hydrogens is 194 g/mol. The van der Waals surface area contributed by atoms with Crippen molar-refractivity contribution in [1.82, 2.24) is 5.32 Å². The summed E-state index contributed by atoms with van der Waals surface area (Å²) in [5.41, 5.74) is -0.138. The number of hydrogen-bond donors (Lipinski definition) is 1. The second kappa shape index (κ2) is 9.73. The Hall–Kier alpha value is -0.480. The van der Waals surface area contributed by atoms with Crippen molar-refractivity contribution < 1.29 is 0 Å². The lowest BCUT2D eigenvalue weighted by Crippen LogP contribution is -2.38. The van der Waals surface area contributed by atoms with Gasteiger partial charge in [0.15, 0.2) is 0 Å². The summed E-state index contributed by atoms with van der Waals surface area (Å²) in [6.45, 7) is 7.42. The summed E-state index contributed by atoms with van der Waals surface area (Å²) in [4.78, 5) is 0. The molecule has 94 valence electrons. The third-order valence-electron chi connectivity index (χ3n) is 2.96. The Bertz CT molecular complexity index is 188. The molecule has 0 aromatic carbocycles. The summed E-state index contributed by atoms with van der Waals surface area (Å²) in [5, 5.41) is 3.38. The second-order valence-corrected chi connectivity index (χ2v) is 5.17. The molecule has 0 bridgehead atoms. The fourth-order valence-electron chi connectivity index (χ4n) is 1.71. The van der Waals surface area contributed by atoms with Crippen LogP contribution in [0.4, 0.5) is 0 Å². The van der Waals surface area contributed by atoms with E-state index in [1.807, 2.05) is 0 Å². The van der Waals surface area contributed by atoms with Gasteiger partial charge in [-0.05, 0) is 26.8 Å². The van der Waals surface area contributed by atoms with E-state index in [1.54, 1.807) is 0 Å². The van der Waals surface area contributed by atoms with Crippen molar-refractivity contribution in [2.24, 2.45) is 0 Å². The molecule has 0 unspecified atom stereocenters. The van der Waals surface area contributed by atoms with Gasteiger partial charge in [-0.15, -0.1) is 6.42 Å². The molecular formula is C15H29N. The van der Waals surface area contributed by atoms with Crippen LogP contribution in [0.2, 0.25) is 0 Å². The molecule has 0 aliphatic carbocycles. The van der Waals surface area contributed by atoms with Gasteiger partial charge in [-0.1, -0.05) is 57.8 Å². The van der Waals surface area contributed by atoms with Crippen LogP contribution in [-0.2, 0) is 0 Å². The van der Waals surface area contributed by atoms with Crippen LogP contribution in [-0.4, -0.2) is 12.1 Å². The van der Waals surface area contributed by atoms with Crippen molar-refractivity contribution in [3.63, 3.8) is 0 Å². The second-order valence-electron chi connectivity index (χ2n) is 5.17. The summed E-state index contributed by atoms with van der Waals surface area (Å²) in [6, 6.07) is 0. The van der Waals surface area contributed by atoms with Crippen LogP contribution in [0, 0.1) is 12.3 Å². The predicted molar refractivity (Wildman–Crippen MR) is 73.5 cm³/mol. The van der Waals surface area contributed by atoms with E-state index in [0.717, 1.165) is 6.54 Å². The monoisotopic (exact) mass is 223 g/mol. The van der Waals surface area contributed by atoms with Crippen molar-refractivity contribution in [2.45, 2.75) is 77.7 Å². The number of rotatable bonds is 10. The Morgan fingerprint density at radius 1 is 0.938 bits per heavy atom. The van der Waals surface area contributed by atoms with E-state index in [0.29, 0.717) is 0 Å². The van der Waals surface area contributed by atoms with Crippen LogP contribution in [0.1, 0.15) is 72.1 Å². The third kappa shape index (κ3) is 10.1. The zero-order valence-electron chi connectivity index (χ0n) is 11.4. The van der Waals surface area contributed by atoms with Crippen LogP contribution in [0.3, 0.4) is 0 Å². The molecule has 0 spiro atoms. The Balaban J connectivity index is 3.14. The van der Waals surface area contributed by atoms with Crippen molar-refractivity contribution in [1.29, 1.82) is 0 Å². The number of unbranched alkanes of at least 4 members (excludes halogenated alkanes) is 7. The van der Waals surface area contributed by atoms with Gasteiger partial charge >= 0.3 is 0 Å². The minimum Gasteiger partial charge on any atom is -0.302 e. The Kier molecular flexibility index (Phi) is 9.43. The highest BCUT2D eigenvalue weighted by molar-refractivity contribution is 5.07. The van der Waals surface area contributed by atoms with Crippen molar-refractivity contribution in [2.75, 3.05) is 6.54 Å². The summed E-state index contributed by atoms with van der Waals surface area (Å²) >= 11 is 0. The van der Waals surface area contributed by atoms with E-state index in [-0.39, 0.29) is 5.54 Å².